The van der Waals surface area contributed by atoms with Gasteiger partial charge in [-0.15, -0.1) is 0 Å². The van der Waals surface area contributed by atoms with E-state index in [4.69, 9.17) is 4.74 Å². The standard InChI is InChI=1S/C20H25FN4O2/c1-27-13-19-8-18(12-24(19)10-14-3-2-4-16(21)7-14)25-11-17(9-22-25)23-20(26)15-5-6-15/h2-4,7,9,11,15,18-19H,5-6,8,10,12-13H2,1H3,(H,23,26)/t18-,19-/m0/s1. The number of methoxy groups -OCH3 is 1. The summed E-state index contributed by atoms with van der Waals surface area (Å²) in [5.41, 5.74) is 1.70. The molecule has 1 N–H and O–H groups in total. The van der Waals surface area contributed by atoms with Crippen LogP contribution in [0.4, 0.5) is 10.1 Å². The van der Waals surface area contributed by atoms with E-state index in [1.165, 1.54) is 6.07 Å². The van der Waals surface area contributed by atoms with Crippen molar-refractivity contribution in [2.75, 3.05) is 25.6 Å². The van der Waals surface area contributed by atoms with Crippen molar-refractivity contribution < 1.29 is 13.9 Å². The summed E-state index contributed by atoms with van der Waals surface area (Å²) < 4.78 is 20.8. The molecule has 4 rings (SSSR count). The van der Waals surface area contributed by atoms with E-state index < -0.39 is 0 Å². The van der Waals surface area contributed by atoms with Crippen LogP contribution in [0.1, 0.15) is 30.9 Å². The number of aromatic nitrogens is 2. The fraction of sp³-hybridized carbons (Fsp3) is 0.500. The van der Waals surface area contributed by atoms with Gasteiger partial charge >= 0.3 is 0 Å². The largest absolute Gasteiger partial charge is 0.383 e. The zero-order valence-corrected chi connectivity index (χ0v) is 15.5. The Labute approximate surface area is 158 Å². The van der Waals surface area contributed by atoms with Crippen LogP contribution in [-0.2, 0) is 16.1 Å². The SMILES string of the molecule is COC[C@@H]1C[C@H](n2cc(NC(=O)C3CC3)cn2)CN1Cc1cccc(F)c1. The number of amides is 1. The minimum absolute atomic E-state index is 0.0889. The van der Waals surface area contributed by atoms with Crippen LogP contribution < -0.4 is 5.32 Å². The van der Waals surface area contributed by atoms with Crippen molar-refractivity contribution in [3.63, 3.8) is 0 Å². The fourth-order valence-corrected chi connectivity index (χ4v) is 3.77. The molecule has 0 bridgehead atoms. The summed E-state index contributed by atoms with van der Waals surface area (Å²) in [4.78, 5) is 14.2. The second-order valence-corrected chi connectivity index (χ2v) is 7.53. The average molecular weight is 372 g/mol. The topological polar surface area (TPSA) is 59.4 Å². The molecular formula is C20H25FN4O2. The molecule has 7 heteroatoms. The summed E-state index contributed by atoms with van der Waals surface area (Å²) in [6.45, 7) is 2.11. The Morgan fingerprint density at radius 2 is 2.26 bits per heavy atom. The number of nitrogens with one attached hydrogen (secondary N) is 1. The van der Waals surface area contributed by atoms with E-state index >= 15 is 0 Å². The Hall–Kier alpha value is -2.25. The normalized spacial score (nSPS) is 22.9. The number of halogens is 1. The summed E-state index contributed by atoms with van der Waals surface area (Å²) in [6.07, 6.45) is 6.48. The van der Waals surface area contributed by atoms with E-state index in [0.717, 1.165) is 37.1 Å². The van der Waals surface area contributed by atoms with Crippen molar-refractivity contribution in [1.82, 2.24) is 14.7 Å². The van der Waals surface area contributed by atoms with Gasteiger partial charge in [0.25, 0.3) is 0 Å². The van der Waals surface area contributed by atoms with Crippen LogP contribution >= 0.6 is 0 Å². The number of carbonyl (C=O) groups is 1. The first-order chi connectivity index (χ1) is 13.1. The molecule has 1 saturated carbocycles. The first-order valence-corrected chi connectivity index (χ1v) is 9.45. The summed E-state index contributed by atoms with van der Waals surface area (Å²) >= 11 is 0. The third-order valence-electron chi connectivity index (χ3n) is 5.33. The Kier molecular flexibility index (Phi) is 5.22. The molecule has 2 heterocycles. The van der Waals surface area contributed by atoms with Gasteiger partial charge in [0.15, 0.2) is 0 Å². The van der Waals surface area contributed by atoms with Gasteiger partial charge in [0.1, 0.15) is 5.82 Å². The first kappa shape index (κ1) is 18.1. The highest BCUT2D eigenvalue weighted by atomic mass is 19.1. The predicted molar refractivity (Wildman–Crippen MR) is 99.7 cm³/mol. The highest BCUT2D eigenvalue weighted by molar-refractivity contribution is 5.93. The Morgan fingerprint density at radius 3 is 3.00 bits per heavy atom. The van der Waals surface area contributed by atoms with Gasteiger partial charge in [0.2, 0.25) is 5.91 Å². The molecule has 27 heavy (non-hydrogen) atoms. The molecule has 144 valence electrons. The molecule has 2 atom stereocenters. The lowest BCUT2D eigenvalue weighted by atomic mass is 10.1. The number of carbonyl (C=O) groups excluding carboxylic acids is 1. The lowest BCUT2D eigenvalue weighted by molar-refractivity contribution is -0.117. The molecule has 2 fully saturated rings. The van der Waals surface area contributed by atoms with E-state index in [1.54, 1.807) is 25.4 Å². The number of likely N-dealkylation sites (tertiary alicyclic amines) is 1. The van der Waals surface area contributed by atoms with Crippen LogP contribution in [0, 0.1) is 11.7 Å². The quantitative estimate of drug-likeness (QED) is 0.812. The molecule has 6 nitrogen and oxygen atoms in total. The van der Waals surface area contributed by atoms with E-state index in [2.05, 4.69) is 15.3 Å². The third kappa shape index (κ3) is 4.36. The van der Waals surface area contributed by atoms with Gasteiger partial charge in [-0.05, 0) is 37.0 Å². The molecule has 0 spiro atoms. The van der Waals surface area contributed by atoms with Crippen LogP contribution in [0.5, 0.6) is 0 Å². The number of hydrogen-bond acceptors (Lipinski definition) is 4. The average Bonchev–Trinajstić information content (AvgIpc) is 3.28. The van der Waals surface area contributed by atoms with E-state index in [-0.39, 0.29) is 29.7 Å². The monoisotopic (exact) mass is 372 g/mol. The smallest absolute Gasteiger partial charge is 0.227 e. The summed E-state index contributed by atoms with van der Waals surface area (Å²) in [7, 11) is 1.70. The van der Waals surface area contributed by atoms with Crippen molar-refractivity contribution in [2.24, 2.45) is 5.92 Å². The maximum Gasteiger partial charge on any atom is 0.227 e. The van der Waals surface area contributed by atoms with Crippen LogP contribution in [0.15, 0.2) is 36.7 Å². The van der Waals surface area contributed by atoms with Gasteiger partial charge in [-0.2, -0.15) is 5.10 Å². The lowest BCUT2D eigenvalue weighted by Crippen LogP contribution is -2.32. The molecule has 2 aliphatic rings. The molecule has 2 aromatic rings. The molecule has 1 amide bonds. The molecule has 1 aromatic carbocycles. The molecular weight excluding hydrogens is 347 g/mol. The van der Waals surface area contributed by atoms with Gasteiger partial charge < -0.3 is 10.1 Å². The summed E-state index contributed by atoms with van der Waals surface area (Å²) in [5, 5.41) is 7.39. The van der Waals surface area contributed by atoms with Crippen molar-refractivity contribution in [3.05, 3.63) is 48.0 Å². The highest BCUT2D eigenvalue weighted by Gasteiger charge is 2.34. The summed E-state index contributed by atoms with van der Waals surface area (Å²) in [6, 6.07) is 7.18. The zero-order valence-electron chi connectivity index (χ0n) is 15.5. The number of benzene rings is 1. The zero-order chi connectivity index (χ0) is 18.8. The van der Waals surface area contributed by atoms with Crippen molar-refractivity contribution >= 4 is 11.6 Å². The van der Waals surface area contributed by atoms with Gasteiger partial charge in [-0.25, -0.2) is 4.39 Å². The molecule has 0 radical (unpaired) electrons. The number of rotatable bonds is 7. The van der Waals surface area contributed by atoms with Crippen LogP contribution in [0.2, 0.25) is 0 Å². The van der Waals surface area contributed by atoms with Crippen molar-refractivity contribution in [1.29, 1.82) is 0 Å². The van der Waals surface area contributed by atoms with E-state index in [9.17, 15) is 9.18 Å². The highest BCUT2D eigenvalue weighted by Crippen LogP contribution is 2.31. The minimum atomic E-state index is -0.213. The summed E-state index contributed by atoms with van der Waals surface area (Å²) in [5.74, 6) is 0.0493. The first-order valence-electron chi connectivity index (χ1n) is 9.45. The minimum Gasteiger partial charge on any atom is -0.383 e. The number of ether oxygens (including phenoxy) is 1. The van der Waals surface area contributed by atoms with E-state index in [1.807, 2.05) is 16.9 Å². The number of nitrogens with zero attached hydrogens (tertiary/aromatic N) is 3. The molecule has 1 saturated heterocycles. The van der Waals surface area contributed by atoms with Crippen LogP contribution in [0.3, 0.4) is 0 Å². The third-order valence-corrected chi connectivity index (χ3v) is 5.33. The second kappa shape index (κ2) is 7.78. The molecule has 1 aliphatic heterocycles. The van der Waals surface area contributed by atoms with Crippen LogP contribution in [-0.4, -0.2) is 46.9 Å². The maximum absolute atomic E-state index is 13.5. The van der Waals surface area contributed by atoms with Crippen molar-refractivity contribution in [2.45, 2.75) is 37.9 Å². The van der Waals surface area contributed by atoms with Gasteiger partial charge in [-0.1, -0.05) is 12.1 Å². The Balaban J connectivity index is 1.43. The second-order valence-electron chi connectivity index (χ2n) is 7.53. The van der Waals surface area contributed by atoms with Gasteiger partial charge in [-0.3, -0.25) is 14.4 Å². The number of anilines is 1. The Morgan fingerprint density at radius 1 is 1.41 bits per heavy atom. The van der Waals surface area contributed by atoms with Gasteiger partial charge in [0, 0.05) is 38.4 Å². The molecule has 1 aliphatic carbocycles. The van der Waals surface area contributed by atoms with E-state index in [0.29, 0.717) is 13.2 Å². The fourth-order valence-electron chi connectivity index (χ4n) is 3.77. The Bertz CT molecular complexity index is 805. The molecule has 1 aromatic heterocycles. The van der Waals surface area contributed by atoms with Crippen molar-refractivity contribution in [3.8, 4) is 0 Å². The predicted octanol–water partition coefficient (Wildman–Crippen LogP) is 2.83. The lowest BCUT2D eigenvalue weighted by Gasteiger charge is -2.23. The van der Waals surface area contributed by atoms with Crippen LogP contribution in [0.25, 0.3) is 0 Å². The number of hydrogen-bond donors (Lipinski definition) is 1. The molecule has 0 unspecified atom stereocenters. The van der Waals surface area contributed by atoms with Gasteiger partial charge in [0.05, 0.1) is 24.5 Å². The maximum atomic E-state index is 13.5.